The maximum atomic E-state index is 12.4. The predicted octanol–water partition coefficient (Wildman–Crippen LogP) is 1.33. The zero-order valence-corrected chi connectivity index (χ0v) is 12.9. The summed E-state index contributed by atoms with van der Waals surface area (Å²) in [5.74, 6) is -0.317. The molecule has 0 saturated heterocycles. The van der Waals surface area contributed by atoms with E-state index in [9.17, 15) is 20.0 Å². The number of carbonyl (C=O) groups is 1. The number of fused-ring (bicyclic) bond motifs is 1. The number of nitrogens with zero attached hydrogens (tertiary/aromatic N) is 2. The lowest BCUT2D eigenvalue weighted by Gasteiger charge is -2.18. The normalized spacial score (nSPS) is 13.6. The molecule has 0 bridgehead atoms. The molecule has 6 nitrogen and oxygen atoms in total. The standard InChI is InChI=1S/C17H18N2O4/c1-11-6-8-12(9-7-11)16(20)10-15-17(21)19(23)14-5-3-2-4-13(14)18(15)22/h6-9,23H,2-5,10H2,1H3. The summed E-state index contributed by atoms with van der Waals surface area (Å²) >= 11 is 0. The molecule has 1 aliphatic carbocycles. The summed E-state index contributed by atoms with van der Waals surface area (Å²) in [6, 6.07) is 6.94. The molecule has 0 saturated carbocycles. The number of hydrogen-bond acceptors (Lipinski definition) is 4. The van der Waals surface area contributed by atoms with Crippen molar-refractivity contribution in [1.82, 2.24) is 4.73 Å². The SMILES string of the molecule is Cc1ccc(C(=O)Cc2c(=O)n(O)c3c([n+]2[O-])CCCC3)cc1. The van der Waals surface area contributed by atoms with Gasteiger partial charge in [-0.05, 0) is 26.2 Å². The van der Waals surface area contributed by atoms with Gasteiger partial charge in [-0.1, -0.05) is 29.8 Å². The van der Waals surface area contributed by atoms with Crippen LogP contribution in [0, 0.1) is 12.1 Å². The highest BCUT2D eigenvalue weighted by Crippen LogP contribution is 2.17. The quantitative estimate of drug-likeness (QED) is 0.401. The monoisotopic (exact) mass is 314 g/mol. The third-order valence-electron chi connectivity index (χ3n) is 4.30. The van der Waals surface area contributed by atoms with Crippen molar-refractivity contribution >= 4 is 5.78 Å². The van der Waals surface area contributed by atoms with E-state index in [1.54, 1.807) is 24.3 Å². The lowest BCUT2D eigenvalue weighted by Crippen LogP contribution is -2.49. The van der Waals surface area contributed by atoms with Gasteiger partial charge in [0.05, 0.1) is 0 Å². The number of aryl methyl sites for hydroxylation is 1. The van der Waals surface area contributed by atoms with Gasteiger partial charge >= 0.3 is 5.56 Å². The second-order valence-electron chi connectivity index (χ2n) is 5.92. The number of benzene rings is 1. The second-order valence-corrected chi connectivity index (χ2v) is 5.92. The molecule has 0 aliphatic heterocycles. The van der Waals surface area contributed by atoms with Gasteiger partial charge in [0.1, 0.15) is 12.1 Å². The summed E-state index contributed by atoms with van der Waals surface area (Å²) in [6.07, 6.45) is 2.34. The van der Waals surface area contributed by atoms with Crippen LogP contribution in [-0.4, -0.2) is 15.7 Å². The Balaban J connectivity index is 2.00. The molecule has 0 unspecified atom stereocenters. The maximum Gasteiger partial charge on any atom is 0.352 e. The first-order valence-corrected chi connectivity index (χ1v) is 7.67. The van der Waals surface area contributed by atoms with Gasteiger partial charge in [-0.2, -0.15) is 4.73 Å². The average Bonchev–Trinajstić information content (AvgIpc) is 2.57. The Labute approximate surface area is 133 Å². The lowest BCUT2D eigenvalue weighted by molar-refractivity contribution is -0.625. The number of carbonyl (C=O) groups excluding carboxylic acids is 1. The van der Waals surface area contributed by atoms with Crippen molar-refractivity contribution in [2.24, 2.45) is 0 Å². The van der Waals surface area contributed by atoms with Crippen LogP contribution in [0.4, 0.5) is 0 Å². The van der Waals surface area contributed by atoms with Crippen LogP contribution in [-0.2, 0) is 19.3 Å². The molecule has 1 N–H and O–H groups in total. The summed E-state index contributed by atoms with van der Waals surface area (Å²) in [5.41, 5.74) is 1.19. The molecule has 3 rings (SSSR count). The molecule has 0 radical (unpaired) electrons. The zero-order chi connectivity index (χ0) is 16.6. The molecular weight excluding hydrogens is 296 g/mol. The van der Waals surface area contributed by atoms with E-state index in [4.69, 9.17) is 0 Å². The second kappa shape index (κ2) is 5.87. The van der Waals surface area contributed by atoms with E-state index in [1.165, 1.54) is 0 Å². The van der Waals surface area contributed by atoms with Crippen LogP contribution in [0.25, 0.3) is 0 Å². The molecule has 120 valence electrons. The first-order chi connectivity index (χ1) is 11.0. The van der Waals surface area contributed by atoms with E-state index in [-0.39, 0.29) is 17.9 Å². The minimum Gasteiger partial charge on any atom is -0.618 e. The van der Waals surface area contributed by atoms with Crippen molar-refractivity contribution in [2.75, 3.05) is 0 Å². The lowest BCUT2D eigenvalue weighted by atomic mass is 9.99. The van der Waals surface area contributed by atoms with E-state index in [1.807, 2.05) is 6.92 Å². The Morgan fingerprint density at radius 1 is 1.26 bits per heavy atom. The molecule has 1 aromatic heterocycles. The van der Waals surface area contributed by atoms with Gasteiger partial charge in [0, 0.05) is 12.0 Å². The molecule has 2 aromatic rings. The third-order valence-corrected chi connectivity index (χ3v) is 4.30. The van der Waals surface area contributed by atoms with E-state index in [0.29, 0.717) is 39.3 Å². The minimum absolute atomic E-state index is 0.223. The predicted molar refractivity (Wildman–Crippen MR) is 82.7 cm³/mol. The van der Waals surface area contributed by atoms with Crippen LogP contribution >= 0.6 is 0 Å². The Bertz CT molecular complexity index is 822. The van der Waals surface area contributed by atoms with Crippen molar-refractivity contribution < 1.29 is 14.7 Å². The molecule has 23 heavy (non-hydrogen) atoms. The zero-order valence-electron chi connectivity index (χ0n) is 12.9. The number of hydrogen-bond donors (Lipinski definition) is 1. The molecule has 0 amide bonds. The average molecular weight is 314 g/mol. The van der Waals surface area contributed by atoms with Crippen LogP contribution in [0.5, 0.6) is 0 Å². The fraction of sp³-hybridized carbons (Fsp3) is 0.353. The topological polar surface area (TPSA) is 86.2 Å². The molecule has 1 heterocycles. The minimum atomic E-state index is -0.805. The van der Waals surface area contributed by atoms with Crippen molar-refractivity contribution in [3.8, 4) is 0 Å². The van der Waals surface area contributed by atoms with Gasteiger partial charge in [-0.15, -0.1) is 4.73 Å². The Hall–Kier alpha value is -2.63. The third kappa shape index (κ3) is 2.72. The maximum absolute atomic E-state index is 12.4. The molecular formula is C17H18N2O4. The summed E-state index contributed by atoms with van der Waals surface area (Å²) < 4.78 is 1.09. The fourth-order valence-corrected chi connectivity index (χ4v) is 2.96. The molecule has 0 atom stereocenters. The summed E-state index contributed by atoms with van der Waals surface area (Å²) in [5, 5.41) is 22.5. The molecule has 0 spiro atoms. The van der Waals surface area contributed by atoms with E-state index in [2.05, 4.69) is 0 Å². The summed E-state index contributed by atoms with van der Waals surface area (Å²) in [4.78, 5) is 24.5. The summed E-state index contributed by atoms with van der Waals surface area (Å²) in [7, 11) is 0. The molecule has 1 aliphatic rings. The van der Waals surface area contributed by atoms with Gasteiger partial charge < -0.3 is 10.4 Å². The van der Waals surface area contributed by atoms with Crippen LogP contribution in [0.3, 0.4) is 0 Å². The van der Waals surface area contributed by atoms with E-state index < -0.39 is 5.56 Å². The highest BCUT2D eigenvalue weighted by molar-refractivity contribution is 5.97. The Morgan fingerprint density at radius 2 is 1.91 bits per heavy atom. The van der Waals surface area contributed by atoms with Crippen LogP contribution < -0.4 is 10.3 Å². The van der Waals surface area contributed by atoms with Gasteiger partial charge in [-0.3, -0.25) is 9.59 Å². The highest BCUT2D eigenvalue weighted by Gasteiger charge is 2.29. The van der Waals surface area contributed by atoms with Crippen LogP contribution in [0.1, 0.15) is 45.8 Å². The van der Waals surface area contributed by atoms with Crippen LogP contribution in [0.15, 0.2) is 29.1 Å². The number of Topliss-reactive ketones (excluding diaryl/α,β-unsaturated/α-hetero) is 1. The van der Waals surface area contributed by atoms with Crippen molar-refractivity contribution in [1.29, 1.82) is 0 Å². The van der Waals surface area contributed by atoms with Crippen molar-refractivity contribution in [3.05, 3.63) is 68.0 Å². The van der Waals surface area contributed by atoms with Gasteiger partial charge in [0.15, 0.2) is 5.78 Å². The number of rotatable bonds is 3. The number of ketones is 1. The Morgan fingerprint density at radius 3 is 2.61 bits per heavy atom. The highest BCUT2D eigenvalue weighted by atomic mass is 16.5. The van der Waals surface area contributed by atoms with E-state index >= 15 is 0 Å². The van der Waals surface area contributed by atoms with Crippen molar-refractivity contribution in [2.45, 2.75) is 39.0 Å². The first kappa shape index (κ1) is 15.3. The largest absolute Gasteiger partial charge is 0.618 e. The first-order valence-electron chi connectivity index (χ1n) is 7.67. The fourth-order valence-electron chi connectivity index (χ4n) is 2.96. The number of aromatic nitrogens is 2. The van der Waals surface area contributed by atoms with Crippen molar-refractivity contribution in [3.63, 3.8) is 0 Å². The summed E-state index contributed by atoms with van der Waals surface area (Å²) in [6.45, 7) is 1.91. The van der Waals surface area contributed by atoms with Gasteiger partial charge in [-0.25, -0.2) is 0 Å². The van der Waals surface area contributed by atoms with Crippen LogP contribution in [0.2, 0.25) is 0 Å². The molecule has 6 heteroatoms. The van der Waals surface area contributed by atoms with E-state index in [0.717, 1.165) is 18.4 Å². The van der Waals surface area contributed by atoms with Gasteiger partial charge in [0.2, 0.25) is 5.69 Å². The Kier molecular flexibility index (Phi) is 3.90. The van der Waals surface area contributed by atoms with Gasteiger partial charge in [0.25, 0.3) is 5.69 Å². The smallest absolute Gasteiger partial charge is 0.352 e. The molecule has 0 fully saturated rings. The molecule has 1 aromatic carbocycles.